The number of carbonyl (C=O) groups is 2. The van der Waals surface area contributed by atoms with E-state index in [0.717, 1.165) is 12.8 Å². The van der Waals surface area contributed by atoms with Crippen molar-refractivity contribution in [3.05, 3.63) is 72.3 Å². The molecule has 1 N–H and O–H groups in total. The number of ether oxygens (including phenoxy) is 2. The lowest BCUT2D eigenvalue weighted by Crippen LogP contribution is -2.28. The van der Waals surface area contributed by atoms with Gasteiger partial charge in [0.05, 0.1) is 12.9 Å². The summed E-state index contributed by atoms with van der Waals surface area (Å²) < 4.78 is 15.8. The van der Waals surface area contributed by atoms with Crippen molar-refractivity contribution in [1.29, 1.82) is 0 Å². The first-order valence-corrected chi connectivity index (χ1v) is 8.71. The smallest absolute Gasteiger partial charge is 0.355 e. The topological polar surface area (TPSA) is 77.8 Å². The van der Waals surface area contributed by atoms with Crippen LogP contribution in [0.3, 0.4) is 0 Å². The van der Waals surface area contributed by atoms with E-state index in [0.29, 0.717) is 23.7 Å². The molecular weight excluding hydrogens is 346 g/mol. The molecule has 1 amide bonds. The second kappa shape index (κ2) is 10.7. The van der Waals surface area contributed by atoms with E-state index in [2.05, 4.69) is 18.8 Å². The van der Waals surface area contributed by atoms with Gasteiger partial charge in [0.2, 0.25) is 0 Å². The molecular formula is C21H23NO5. The third-order valence-corrected chi connectivity index (χ3v) is 3.51. The molecule has 6 heteroatoms. The molecule has 2 rings (SSSR count). The summed E-state index contributed by atoms with van der Waals surface area (Å²) in [7, 11) is 0. The van der Waals surface area contributed by atoms with Crippen molar-refractivity contribution < 1.29 is 23.5 Å². The molecule has 1 aromatic carbocycles. The fourth-order valence-corrected chi connectivity index (χ4v) is 2.11. The quantitative estimate of drug-likeness (QED) is 0.297. The summed E-state index contributed by atoms with van der Waals surface area (Å²) in [6.45, 7) is 6.25. The lowest BCUT2D eigenvalue weighted by Gasteiger charge is -2.10. The number of esters is 1. The van der Waals surface area contributed by atoms with Crippen LogP contribution in [0.25, 0.3) is 6.08 Å². The molecule has 27 heavy (non-hydrogen) atoms. The first-order valence-electron chi connectivity index (χ1n) is 8.71. The summed E-state index contributed by atoms with van der Waals surface area (Å²) in [5.74, 6) is -0.0140. The predicted octanol–water partition coefficient (Wildman–Crippen LogP) is 3.96. The Morgan fingerprint density at radius 3 is 2.63 bits per heavy atom. The average molecular weight is 369 g/mol. The Bertz CT molecular complexity index is 775. The highest BCUT2D eigenvalue weighted by Gasteiger charge is 2.16. The standard InChI is InChI=1S/C21H23NO5/c1-3-5-13-25-17-10-8-16(9-11-17)20(23)22-19(21(24)27-12-4-2)15-18-7-6-14-26-18/h4,6-11,14-15H,2-3,5,12-13H2,1H3,(H,22,23). The highest BCUT2D eigenvalue weighted by atomic mass is 16.5. The van der Waals surface area contributed by atoms with Gasteiger partial charge in [0.15, 0.2) is 0 Å². The number of hydrogen-bond acceptors (Lipinski definition) is 5. The van der Waals surface area contributed by atoms with Crippen molar-refractivity contribution >= 4 is 18.0 Å². The lowest BCUT2D eigenvalue weighted by molar-refractivity contribution is -0.138. The fourth-order valence-electron chi connectivity index (χ4n) is 2.11. The Labute approximate surface area is 158 Å². The van der Waals surface area contributed by atoms with Gasteiger partial charge in [-0.25, -0.2) is 4.79 Å². The Hall–Kier alpha value is -3.28. The van der Waals surface area contributed by atoms with Gasteiger partial charge in [-0.2, -0.15) is 0 Å². The van der Waals surface area contributed by atoms with E-state index in [4.69, 9.17) is 13.9 Å². The van der Waals surface area contributed by atoms with E-state index in [-0.39, 0.29) is 12.3 Å². The molecule has 0 aliphatic heterocycles. The average Bonchev–Trinajstić information content (AvgIpc) is 3.19. The summed E-state index contributed by atoms with van der Waals surface area (Å²) in [6, 6.07) is 10.0. The summed E-state index contributed by atoms with van der Waals surface area (Å²) in [5, 5.41) is 2.56. The molecule has 1 aromatic heterocycles. The van der Waals surface area contributed by atoms with Gasteiger partial charge in [-0.15, -0.1) is 0 Å². The molecule has 0 aliphatic rings. The molecule has 0 radical (unpaired) electrons. The van der Waals surface area contributed by atoms with Crippen LogP contribution in [0, 0.1) is 0 Å². The molecule has 0 spiro atoms. The van der Waals surface area contributed by atoms with Crippen LogP contribution in [-0.2, 0) is 9.53 Å². The minimum atomic E-state index is -0.681. The minimum Gasteiger partial charge on any atom is -0.494 e. The molecule has 0 atom stereocenters. The van der Waals surface area contributed by atoms with Gasteiger partial charge in [-0.05, 0) is 42.8 Å². The van der Waals surface area contributed by atoms with Gasteiger partial charge < -0.3 is 19.2 Å². The lowest BCUT2D eigenvalue weighted by atomic mass is 10.2. The Morgan fingerprint density at radius 1 is 1.22 bits per heavy atom. The zero-order valence-corrected chi connectivity index (χ0v) is 15.3. The second-order valence-corrected chi connectivity index (χ2v) is 5.64. The van der Waals surface area contributed by atoms with Gasteiger partial charge in [0, 0.05) is 11.6 Å². The van der Waals surface area contributed by atoms with Crippen molar-refractivity contribution in [2.75, 3.05) is 13.2 Å². The number of unbranched alkanes of at least 4 members (excludes halogenated alkanes) is 1. The van der Waals surface area contributed by atoms with E-state index in [1.54, 1.807) is 36.4 Å². The van der Waals surface area contributed by atoms with E-state index >= 15 is 0 Å². The number of carbonyl (C=O) groups excluding carboxylic acids is 2. The normalized spacial score (nSPS) is 10.9. The number of benzene rings is 1. The highest BCUT2D eigenvalue weighted by Crippen LogP contribution is 2.14. The summed E-state index contributed by atoms with van der Waals surface area (Å²) in [6.07, 6.45) is 6.34. The molecule has 0 fully saturated rings. The van der Waals surface area contributed by atoms with Crippen LogP contribution in [0.5, 0.6) is 5.75 Å². The fraction of sp³-hybridized carbons (Fsp3) is 0.238. The van der Waals surface area contributed by atoms with Crippen LogP contribution < -0.4 is 10.1 Å². The van der Waals surface area contributed by atoms with Crippen LogP contribution in [0.4, 0.5) is 0 Å². The molecule has 2 aromatic rings. The largest absolute Gasteiger partial charge is 0.494 e. The monoisotopic (exact) mass is 369 g/mol. The van der Waals surface area contributed by atoms with Crippen molar-refractivity contribution in [3.63, 3.8) is 0 Å². The molecule has 142 valence electrons. The molecule has 0 saturated carbocycles. The molecule has 0 bridgehead atoms. The molecule has 0 saturated heterocycles. The van der Waals surface area contributed by atoms with Gasteiger partial charge in [0.25, 0.3) is 5.91 Å². The first-order chi connectivity index (χ1) is 13.1. The van der Waals surface area contributed by atoms with Crippen LogP contribution in [0.15, 0.2) is 65.4 Å². The molecule has 6 nitrogen and oxygen atoms in total. The maximum atomic E-state index is 12.5. The number of hydrogen-bond donors (Lipinski definition) is 1. The van der Waals surface area contributed by atoms with Gasteiger partial charge >= 0.3 is 5.97 Å². The Morgan fingerprint density at radius 2 is 2.00 bits per heavy atom. The SMILES string of the molecule is C=CCOC(=O)C(=Cc1ccco1)NC(=O)c1ccc(OCCCC)cc1. The number of amides is 1. The zero-order chi connectivity index (χ0) is 19.5. The van der Waals surface area contributed by atoms with Crippen LogP contribution in [0.1, 0.15) is 35.9 Å². The van der Waals surface area contributed by atoms with Crippen LogP contribution in [-0.4, -0.2) is 25.1 Å². The maximum Gasteiger partial charge on any atom is 0.355 e. The highest BCUT2D eigenvalue weighted by molar-refractivity contribution is 6.03. The summed E-state index contributed by atoms with van der Waals surface area (Å²) in [4.78, 5) is 24.7. The molecule has 0 aliphatic carbocycles. The van der Waals surface area contributed by atoms with Crippen molar-refractivity contribution in [2.24, 2.45) is 0 Å². The van der Waals surface area contributed by atoms with E-state index in [1.165, 1.54) is 18.4 Å². The molecule has 0 unspecified atom stereocenters. The van der Waals surface area contributed by atoms with Gasteiger partial charge in [-0.1, -0.05) is 26.0 Å². The maximum absolute atomic E-state index is 12.5. The van der Waals surface area contributed by atoms with Crippen molar-refractivity contribution in [3.8, 4) is 5.75 Å². The Balaban J connectivity index is 2.08. The van der Waals surface area contributed by atoms with E-state index < -0.39 is 11.9 Å². The summed E-state index contributed by atoms with van der Waals surface area (Å²) >= 11 is 0. The van der Waals surface area contributed by atoms with E-state index in [1.807, 2.05) is 0 Å². The third kappa shape index (κ3) is 6.51. The van der Waals surface area contributed by atoms with Crippen molar-refractivity contribution in [2.45, 2.75) is 19.8 Å². The minimum absolute atomic E-state index is 0.0277. The van der Waals surface area contributed by atoms with Crippen LogP contribution >= 0.6 is 0 Å². The number of nitrogens with one attached hydrogen (secondary N) is 1. The summed E-state index contributed by atoms with van der Waals surface area (Å²) in [5.41, 5.74) is 0.361. The number of furan rings is 1. The first kappa shape index (κ1) is 20.0. The Kier molecular flexibility index (Phi) is 7.91. The van der Waals surface area contributed by atoms with Crippen LogP contribution in [0.2, 0.25) is 0 Å². The van der Waals surface area contributed by atoms with E-state index in [9.17, 15) is 9.59 Å². The second-order valence-electron chi connectivity index (χ2n) is 5.64. The molecule has 1 heterocycles. The number of rotatable bonds is 10. The van der Waals surface area contributed by atoms with Gasteiger partial charge in [0.1, 0.15) is 23.8 Å². The third-order valence-electron chi connectivity index (χ3n) is 3.51. The zero-order valence-electron chi connectivity index (χ0n) is 15.3. The van der Waals surface area contributed by atoms with Crippen molar-refractivity contribution in [1.82, 2.24) is 5.32 Å². The van der Waals surface area contributed by atoms with Gasteiger partial charge in [-0.3, -0.25) is 4.79 Å². The predicted molar refractivity (Wildman–Crippen MR) is 102 cm³/mol.